The maximum atomic E-state index is 12.7. The molecule has 0 aromatic heterocycles. The van der Waals surface area contributed by atoms with Gasteiger partial charge >= 0.3 is 0 Å². The van der Waals surface area contributed by atoms with Crippen LogP contribution in [0.15, 0.2) is 89.7 Å². The van der Waals surface area contributed by atoms with Crippen LogP contribution in [0, 0.1) is 26.3 Å². The quantitative estimate of drug-likeness (QED) is 0.348. The van der Waals surface area contributed by atoms with Crippen LogP contribution in [0.2, 0.25) is 0 Å². The molecule has 4 aromatic rings. The van der Waals surface area contributed by atoms with Crippen LogP contribution in [-0.4, -0.2) is 0 Å². The summed E-state index contributed by atoms with van der Waals surface area (Å²) in [5.74, 6) is 0. The fraction of sp³-hybridized carbons (Fsp3) is 0.0741. The molecule has 0 N–H and O–H groups in total. The second kappa shape index (κ2) is 9.43. The summed E-state index contributed by atoms with van der Waals surface area (Å²) < 4.78 is 0. The van der Waals surface area contributed by atoms with Gasteiger partial charge in [0.15, 0.2) is 0 Å². The fourth-order valence-corrected chi connectivity index (χ4v) is 3.54. The summed E-state index contributed by atoms with van der Waals surface area (Å²) in [5, 5.41) is 2.11. The minimum absolute atomic E-state index is 0. The molecule has 141 valence electrons. The van der Waals surface area contributed by atoms with Gasteiger partial charge in [0.05, 0.1) is 0 Å². The standard InChI is InChI=1S/C27H21O.Y/c1-19-12-14-22(15-13-19)24(21-8-4-3-5-9-21)16-17-26-25-11-7-6-10-23(25)20(2)18-27(26)28;/h4-18H,1-2H3;/q-3;/b24-16-;. The van der Waals surface area contributed by atoms with Crippen LogP contribution in [0.1, 0.15) is 27.8 Å². The predicted octanol–water partition coefficient (Wildman–Crippen LogP) is 6.02. The first kappa shape index (κ1) is 21.4. The van der Waals surface area contributed by atoms with Crippen molar-refractivity contribution in [3.63, 3.8) is 0 Å². The molecule has 0 spiro atoms. The number of allylic oxidation sites excluding steroid dienone is 1. The molecule has 0 unspecified atom stereocenters. The molecule has 29 heavy (non-hydrogen) atoms. The van der Waals surface area contributed by atoms with Crippen molar-refractivity contribution in [2.24, 2.45) is 0 Å². The van der Waals surface area contributed by atoms with Crippen molar-refractivity contribution in [1.82, 2.24) is 0 Å². The van der Waals surface area contributed by atoms with Gasteiger partial charge in [-0.15, -0.1) is 46.9 Å². The van der Waals surface area contributed by atoms with E-state index in [-0.39, 0.29) is 38.1 Å². The van der Waals surface area contributed by atoms with Gasteiger partial charge in [-0.2, -0.15) is 59.3 Å². The summed E-state index contributed by atoms with van der Waals surface area (Å²) in [6.45, 7) is 4.07. The van der Waals surface area contributed by atoms with Gasteiger partial charge in [-0.25, -0.2) is 0 Å². The molecule has 4 aromatic carbocycles. The molecule has 0 amide bonds. The van der Waals surface area contributed by atoms with Crippen molar-refractivity contribution in [3.05, 3.63) is 135 Å². The Kier molecular flexibility index (Phi) is 6.95. The molecule has 0 bridgehead atoms. The van der Waals surface area contributed by atoms with Crippen molar-refractivity contribution in [1.29, 1.82) is 0 Å². The largest absolute Gasteiger partial charge is 0.364 e. The SMILES string of the molecule is Cc1ccc(/C(=C\[CH-]c2c(=O)cc(C)[c-]3ccccc23)c2cc[c-]cc2)cc1.[Y]. The molecule has 0 atom stereocenters. The Hall–Kier alpha value is -2.35. The maximum Gasteiger partial charge on any atom is 0.0364 e. The molecule has 2 heteroatoms. The van der Waals surface area contributed by atoms with Crippen molar-refractivity contribution < 1.29 is 32.7 Å². The van der Waals surface area contributed by atoms with E-state index in [4.69, 9.17) is 0 Å². The zero-order valence-corrected chi connectivity index (χ0v) is 19.5. The Labute approximate surface area is 197 Å². The van der Waals surface area contributed by atoms with Gasteiger partial charge in [-0.1, -0.05) is 42.3 Å². The van der Waals surface area contributed by atoms with E-state index in [2.05, 4.69) is 49.4 Å². The average molecular weight is 450 g/mol. The van der Waals surface area contributed by atoms with Crippen molar-refractivity contribution in [3.8, 4) is 0 Å². The van der Waals surface area contributed by atoms with Crippen LogP contribution in [0.4, 0.5) is 0 Å². The molecule has 4 rings (SSSR count). The van der Waals surface area contributed by atoms with Crippen molar-refractivity contribution >= 4 is 16.3 Å². The van der Waals surface area contributed by atoms with Gasteiger partial charge < -0.3 is 4.79 Å². The number of aryl methyl sites for hydroxylation is 2. The first-order valence-corrected chi connectivity index (χ1v) is 9.41. The molecule has 1 radical (unpaired) electrons. The molecule has 0 heterocycles. The summed E-state index contributed by atoms with van der Waals surface area (Å²) in [5.41, 5.74) is 6.32. The first-order valence-electron chi connectivity index (χ1n) is 9.41. The van der Waals surface area contributed by atoms with Gasteiger partial charge in [0.2, 0.25) is 0 Å². The Morgan fingerprint density at radius 1 is 0.966 bits per heavy atom. The van der Waals surface area contributed by atoms with Crippen LogP contribution in [0.3, 0.4) is 0 Å². The summed E-state index contributed by atoms with van der Waals surface area (Å²) in [6.07, 6.45) is 4.01. The Bertz CT molecular complexity index is 1200. The van der Waals surface area contributed by atoms with E-state index < -0.39 is 0 Å². The zero-order chi connectivity index (χ0) is 19.5. The van der Waals surface area contributed by atoms with E-state index in [0.29, 0.717) is 0 Å². The number of fused-ring (bicyclic) bond motifs is 1. The summed E-state index contributed by atoms with van der Waals surface area (Å²) >= 11 is 0. The monoisotopic (exact) mass is 450 g/mol. The topological polar surface area (TPSA) is 17.1 Å². The van der Waals surface area contributed by atoms with E-state index in [1.54, 1.807) is 6.07 Å². The number of benzene rings is 4. The van der Waals surface area contributed by atoms with Crippen LogP contribution >= 0.6 is 0 Å². The Morgan fingerprint density at radius 2 is 1.66 bits per heavy atom. The van der Waals surface area contributed by atoms with Gasteiger partial charge in [-0.05, 0) is 6.92 Å². The summed E-state index contributed by atoms with van der Waals surface area (Å²) in [6, 6.07) is 29.3. The molecule has 0 aliphatic heterocycles. The number of hydrogen-bond donors (Lipinski definition) is 0. The molecule has 1 nitrogen and oxygen atoms in total. The van der Waals surface area contributed by atoms with Gasteiger partial charge in [-0.3, -0.25) is 0 Å². The number of hydrogen-bond acceptors (Lipinski definition) is 1. The van der Waals surface area contributed by atoms with E-state index in [1.165, 1.54) is 5.56 Å². The van der Waals surface area contributed by atoms with Crippen LogP contribution in [0.25, 0.3) is 16.3 Å². The molecular weight excluding hydrogens is 429 g/mol. The molecule has 0 saturated heterocycles. The van der Waals surface area contributed by atoms with Crippen LogP contribution in [0.5, 0.6) is 0 Å². The van der Waals surface area contributed by atoms with E-state index in [0.717, 1.165) is 38.6 Å². The smallest absolute Gasteiger partial charge is 0.0364 e. The van der Waals surface area contributed by atoms with Gasteiger partial charge in [0.25, 0.3) is 0 Å². The summed E-state index contributed by atoms with van der Waals surface area (Å²) in [4.78, 5) is 12.7. The van der Waals surface area contributed by atoms with Crippen molar-refractivity contribution in [2.75, 3.05) is 0 Å². The molecule has 0 saturated carbocycles. The minimum atomic E-state index is 0. The first-order chi connectivity index (χ1) is 13.6. The van der Waals surface area contributed by atoms with Crippen LogP contribution in [-0.2, 0) is 32.7 Å². The Balaban J connectivity index is 0.00000240. The summed E-state index contributed by atoms with van der Waals surface area (Å²) in [7, 11) is 0. The second-order valence-corrected chi connectivity index (χ2v) is 7.05. The fourth-order valence-electron chi connectivity index (χ4n) is 3.54. The molecular formula is C27H21OY-3. The average Bonchev–Trinajstić information content (AvgIpc) is 2.72. The van der Waals surface area contributed by atoms with E-state index in [9.17, 15) is 4.79 Å². The number of rotatable bonds is 4. The Morgan fingerprint density at radius 3 is 2.38 bits per heavy atom. The van der Waals surface area contributed by atoms with Crippen molar-refractivity contribution in [2.45, 2.75) is 13.8 Å². The zero-order valence-electron chi connectivity index (χ0n) is 16.6. The normalized spacial score (nSPS) is 11.2. The third kappa shape index (κ3) is 4.63. The van der Waals surface area contributed by atoms with E-state index >= 15 is 0 Å². The van der Waals surface area contributed by atoms with Crippen LogP contribution < -0.4 is 5.43 Å². The molecule has 0 aliphatic rings. The predicted molar refractivity (Wildman–Crippen MR) is 117 cm³/mol. The maximum absolute atomic E-state index is 12.7. The van der Waals surface area contributed by atoms with E-state index in [1.807, 2.05) is 55.8 Å². The third-order valence-corrected chi connectivity index (χ3v) is 5.06. The van der Waals surface area contributed by atoms with Gasteiger partial charge in [0, 0.05) is 38.1 Å². The van der Waals surface area contributed by atoms with Gasteiger partial charge in [0.1, 0.15) is 0 Å². The third-order valence-electron chi connectivity index (χ3n) is 5.06. The second-order valence-electron chi connectivity index (χ2n) is 7.05. The molecule has 0 aliphatic carbocycles. The minimum Gasteiger partial charge on any atom is -0.364 e. The molecule has 0 fully saturated rings.